The van der Waals surface area contributed by atoms with Gasteiger partial charge >= 0.3 is 0 Å². The molecule has 0 aliphatic heterocycles. The zero-order valence-electron chi connectivity index (χ0n) is 9.48. The number of anilines is 1. The largest absolute Gasteiger partial charge is 0.388 e. The number of hydrogen-bond acceptors (Lipinski definition) is 3. The van der Waals surface area contributed by atoms with E-state index in [4.69, 9.17) is 5.73 Å². The zero-order chi connectivity index (χ0) is 13.1. The fourth-order valence-electron chi connectivity index (χ4n) is 1.71. The number of nitrogen functional groups attached to an aromatic ring is 1. The van der Waals surface area contributed by atoms with Crippen LogP contribution in [0.5, 0.6) is 0 Å². The molecule has 3 nitrogen and oxygen atoms in total. The van der Waals surface area contributed by atoms with Gasteiger partial charge in [-0.15, -0.1) is 0 Å². The molecule has 0 fully saturated rings. The van der Waals surface area contributed by atoms with Gasteiger partial charge in [-0.2, -0.15) is 0 Å². The molecule has 1 aromatic carbocycles. The maximum atomic E-state index is 13.4. The third kappa shape index (κ3) is 2.62. The lowest BCUT2D eigenvalue weighted by atomic mass is 10.0. The molecule has 0 spiro atoms. The van der Waals surface area contributed by atoms with Crippen molar-refractivity contribution in [3.8, 4) is 0 Å². The van der Waals surface area contributed by atoms with Crippen molar-refractivity contribution in [1.29, 1.82) is 0 Å². The van der Waals surface area contributed by atoms with E-state index >= 15 is 0 Å². The van der Waals surface area contributed by atoms with Crippen molar-refractivity contribution >= 4 is 5.82 Å². The molecule has 2 aromatic rings. The molecule has 1 unspecified atom stereocenters. The van der Waals surface area contributed by atoms with E-state index in [-0.39, 0.29) is 17.8 Å². The van der Waals surface area contributed by atoms with Crippen LogP contribution in [0, 0.1) is 11.6 Å². The Hall–Kier alpha value is -2.01. The monoisotopic (exact) mass is 250 g/mol. The van der Waals surface area contributed by atoms with Gasteiger partial charge < -0.3 is 10.8 Å². The predicted molar refractivity (Wildman–Crippen MR) is 63.7 cm³/mol. The van der Waals surface area contributed by atoms with Crippen molar-refractivity contribution in [3.05, 3.63) is 59.3 Å². The molecule has 2 rings (SSSR count). The lowest BCUT2D eigenvalue weighted by Gasteiger charge is -2.13. The van der Waals surface area contributed by atoms with Gasteiger partial charge in [-0.05, 0) is 29.8 Å². The van der Waals surface area contributed by atoms with Gasteiger partial charge in [0.15, 0.2) is 0 Å². The van der Waals surface area contributed by atoms with Gasteiger partial charge in [0.05, 0.1) is 6.10 Å². The third-order valence-electron chi connectivity index (χ3n) is 2.66. The number of hydrogen-bond donors (Lipinski definition) is 2. The molecule has 5 heteroatoms. The lowest BCUT2D eigenvalue weighted by molar-refractivity contribution is 0.173. The van der Waals surface area contributed by atoms with Crippen LogP contribution in [0.4, 0.5) is 14.6 Å². The fraction of sp³-hybridized carbons (Fsp3) is 0.154. The normalized spacial score (nSPS) is 12.4. The number of pyridine rings is 1. The van der Waals surface area contributed by atoms with Crippen LogP contribution in [0.25, 0.3) is 0 Å². The number of aliphatic hydroxyl groups excluding tert-OH is 1. The Labute approximate surface area is 103 Å². The summed E-state index contributed by atoms with van der Waals surface area (Å²) in [5.41, 5.74) is 6.13. The number of aromatic nitrogens is 1. The number of rotatable bonds is 3. The van der Waals surface area contributed by atoms with Crippen LogP contribution in [0.15, 0.2) is 36.5 Å². The maximum Gasteiger partial charge on any atom is 0.129 e. The second-order valence-electron chi connectivity index (χ2n) is 3.93. The van der Waals surface area contributed by atoms with Crippen LogP contribution in [0.3, 0.4) is 0 Å². The van der Waals surface area contributed by atoms with Crippen LogP contribution in [0.1, 0.15) is 17.2 Å². The second-order valence-corrected chi connectivity index (χ2v) is 3.93. The minimum atomic E-state index is -1.16. The summed E-state index contributed by atoms with van der Waals surface area (Å²) < 4.78 is 26.5. The summed E-state index contributed by atoms with van der Waals surface area (Å²) in [6, 6.07) is 6.32. The molecule has 1 heterocycles. The van der Waals surface area contributed by atoms with Crippen molar-refractivity contribution in [2.45, 2.75) is 12.5 Å². The lowest BCUT2D eigenvalue weighted by Crippen LogP contribution is -2.07. The number of aliphatic hydroxyl groups is 1. The fourth-order valence-corrected chi connectivity index (χ4v) is 1.71. The summed E-state index contributed by atoms with van der Waals surface area (Å²) in [4.78, 5) is 3.86. The molecule has 0 bridgehead atoms. The highest BCUT2D eigenvalue weighted by Gasteiger charge is 2.15. The molecule has 1 atom stereocenters. The number of nitrogens with zero attached hydrogens (tertiary/aromatic N) is 1. The number of nitrogens with two attached hydrogens (primary N) is 1. The molecule has 0 amide bonds. The number of halogens is 2. The molecular weight excluding hydrogens is 238 g/mol. The smallest absolute Gasteiger partial charge is 0.129 e. The second kappa shape index (κ2) is 5.10. The van der Waals surface area contributed by atoms with E-state index in [0.717, 1.165) is 18.2 Å². The molecular formula is C13H12F2N2O. The SMILES string of the molecule is Nc1ncccc1CC(O)c1cc(F)ccc1F. The van der Waals surface area contributed by atoms with Gasteiger partial charge in [0.25, 0.3) is 0 Å². The Morgan fingerprint density at radius 3 is 2.78 bits per heavy atom. The third-order valence-corrected chi connectivity index (χ3v) is 2.66. The topological polar surface area (TPSA) is 59.1 Å². The predicted octanol–water partition coefficient (Wildman–Crippen LogP) is 2.22. The van der Waals surface area contributed by atoms with Crippen LogP contribution >= 0.6 is 0 Å². The van der Waals surface area contributed by atoms with Gasteiger partial charge in [-0.1, -0.05) is 6.07 Å². The summed E-state index contributed by atoms with van der Waals surface area (Å²) in [7, 11) is 0. The van der Waals surface area contributed by atoms with Gasteiger partial charge in [-0.3, -0.25) is 0 Å². The Morgan fingerprint density at radius 1 is 1.28 bits per heavy atom. The van der Waals surface area contributed by atoms with Gasteiger partial charge in [0.1, 0.15) is 17.5 Å². The Morgan fingerprint density at radius 2 is 2.06 bits per heavy atom. The van der Waals surface area contributed by atoms with Crippen LogP contribution in [-0.2, 0) is 6.42 Å². The molecule has 94 valence electrons. The minimum absolute atomic E-state index is 0.0834. The zero-order valence-corrected chi connectivity index (χ0v) is 9.48. The van der Waals surface area contributed by atoms with Gasteiger partial charge in [0, 0.05) is 18.2 Å². The minimum Gasteiger partial charge on any atom is -0.388 e. The van der Waals surface area contributed by atoms with E-state index in [1.165, 1.54) is 6.20 Å². The van der Waals surface area contributed by atoms with Gasteiger partial charge in [0.2, 0.25) is 0 Å². The van der Waals surface area contributed by atoms with E-state index < -0.39 is 17.7 Å². The summed E-state index contributed by atoms with van der Waals surface area (Å²) in [6.45, 7) is 0. The average Bonchev–Trinajstić information content (AvgIpc) is 2.35. The Bertz CT molecular complexity index is 560. The summed E-state index contributed by atoms with van der Waals surface area (Å²) in [5, 5.41) is 9.91. The average molecular weight is 250 g/mol. The first kappa shape index (κ1) is 12.4. The first-order valence-electron chi connectivity index (χ1n) is 5.40. The summed E-state index contributed by atoms with van der Waals surface area (Å²) in [5.74, 6) is -0.968. The van der Waals surface area contributed by atoms with Gasteiger partial charge in [-0.25, -0.2) is 13.8 Å². The highest BCUT2D eigenvalue weighted by Crippen LogP contribution is 2.23. The molecule has 0 radical (unpaired) electrons. The van der Waals surface area contributed by atoms with E-state index in [2.05, 4.69) is 4.98 Å². The quantitative estimate of drug-likeness (QED) is 0.878. The summed E-state index contributed by atoms with van der Waals surface area (Å²) >= 11 is 0. The maximum absolute atomic E-state index is 13.4. The highest BCUT2D eigenvalue weighted by atomic mass is 19.1. The molecule has 1 aromatic heterocycles. The first-order valence-corrected chi connectivity index (χ1v) is 5.40. The standard InChI is InChI=1S/C13H12F2N2O/c14-9-3-4-11(15)10(7-9)12(18)6-8-2-1-5-17-13(8)16/h1-5,7,12,18H,6H2,(H2,16,17). The molecule has 3 N–H and O–H groups in total. The molecule has 0 saturated heterocycles. The number of benzene rings is 1. The van der Waals surface area contributed by atoms with E-state index in [1.54, 1.807) is 12.1 Å². The van der Waals surface area contributed by atoms with Crippen LogP contribution < -0.4 is 5.73 Å². The van der Waals surface area contributed by atoms with Crippen LogP contribution in [0.2, 0.25) is 0 Å². The molecule has 0 saturated carbocycles. The first-order chi connectivity index (χ1) is 8.58. The van der Waals surface area contributed by atoms with Crippen LogP contribution in [-0.4, -0.2) is 10.1 Å². The van der Waals surface area contributed by atoms with E-state index in [0.29, 0.717) is 5.56 Å². The van der Waals surface area contributed by atoms with E-state index in [1.807, 2.05) is 0 Å². The van der Waals surface area contributed by atoms with Crippen molar-refractivity contribution in [1.82, 2.24) is 4.98 Å². The summed E-state index contributed by atoms with van der Waals surface area (Å²) in [6.07, 6.45) is 0.445. The van der Waals surface area contributed by atoms with Crippen molar-refractivity contribution < 1.29 is 13.9 Å². The highest BCUT2D eigenvalue weighted by molar-refractivity contribution is 5.39. The Kier molecular flexibility index (Phi) is 3.53. The molecule has 18 heavy (non-hydrogen) atoms. The molecule has 0 aliphatic carbocycles. The molecule has 0 aliphatic rings. The van der Waals surface area contributed by atoms with Crippen molar-refractivity contribution in [3.63, 3.8) is 0 Å². The van der Waals surface area contributed by atoms with Crippen molar-refractivity contribution in [2.75, 3.05) is 5.73 Å². The Balaban J connectivity index is 2.25. The van der Waals surface area contributed by atoms with Crippen molar-refractivity contribution in [2.24, 2.45) is 0 Å². The van der Waals surface area contributed by atoms with E-state index in [9.17, 15) is 13.9 Å².